The van der Waals surface area contributed by atoms with Crippen molar-refractivity contribution in [3.63, 3.8) is 0 Å². The molecule has 1 aliphatic heterocycles. The largest absolute Gasteiger partial charge is 0.353 e. The van der Waals surface area contributed by atoms with Gasteiger partial charge in [0.05, 0.1) is 22.9 Å². The maximum absolute atomic E-state index is 15.3. The van der Waals surface area contributed by atoms with E-state index in [4.69, 9.17) is 5.10 Å². The molecule has 0 bridgehead atoms. The Morgan fingerprint density at radius 2 is 1.76 bits per heavy atom. The molecule has 0 spiro atoms. The fraction of sp³-hybridized carbons (Fsp3) is 0.259. The van der Waals surface area contributed by atoms with Crippen LogP contribution in [0.25, 0.3) is 38.8 Å². The van der Waals surface area contributed by atoms with Gasteiger partial charge < -0.3 is 9.80 Å². The van der Waals surface area contributed by atoms with Crippen molar-refractivity contribution in [1.29, 1.82) is 0 Å². The summed E-state index contributed by atoms with van der Waals surface area (Å²) in [6.07, 6.45) is 3.46. The Morgan fingerprint density at radius 3 is 2.46 bits per heavy atom. The van der Waals surface area contributed by atoms with Crippen LogP contribution < -0.4 is 4.90 Å². The Morgan fingerprint density at radius 1 is 0.973 bits per heavy atom. The SMILES string of the molecule is CC(=O)N1CCN(c2ccc(-n3nc(-c4c(F)ccc5nn(C)cc45)c4cc(F)cc(C)c43)cn2)CC1. The molecule has 0 atom stereocenters. The van der Waals surface area contributed by atoms with Crippen LogP contribution in [-0.4, -0.2) is 61.5 Å². The number of fused-ring (bicyclic) bond motifs is 2. The summed E-state index contributed by atoms with van der Waals surface area (Å²) in [6, 6.07) is 9.64. The predicted molar refractivity (Wildman–Crippen MR) is 138 cm³/mol. The molecule has 6 rings (SSSR count). The Balaban J connectivity index is 1.46. The minimum Gasteiger partial charge on any atom is -0.353 e. The van der Waals surface area contributed by atoms with Gasteiger partial charge in [-0.1, -0.05) is 0 Å². The van der Waals surface area contributed by atoms with E-state index in [0.29, 0.717) is 64.9 Å². The van der Waals surface area contributed by atoms with Crippen LogP contribution in [0.4, 0.5) is 14.6 Å². The van der Waals surface area contributed by atoms with Gasteiger partial charge in [0, 0.05) is 62.7 Å². The van der Waals surface area contributed by atoms with Crippen molar-refractivity contribution in [2.45, 2.75) is 13.8 Å². The number of benzene rings is 2. The number of hydrogen-bond acceptors (Lipinski definition) is 5. The second-order valence-electron chi connectivity index (χ2n) is 9.40. The second-order valence-corrected chi connectivity index (χ2v) is 9.40. The van der Waals surface area contributed by atoms with Crippen molar-refractivity contribution in [1.82, 2.24) is 29.4 Å². The van der Waals surface area contributed by atoms with E-state index in [0.717, 1.165) is 5.82 Å². The number of halogens is 2. The lowest BCUT2D eigenvalue weighted by molar-refractivity contribution is -0.129. The van der Waals surface area contributed by atoms with Crippen LogP contribution in [0, 0.1) is 18.6 Å². The van der Waals surface area contributed by atoms with Crippen molar-refractivity contribution in [3.8, 4) is 16.9 Å². The normalized spacial score (nSPS) is 14.2. The van der Waals surface area contributed by atoms with E-state index in [1.54, 1.807) is 41.8 Å². The van der Waals surface area contributed by atoms with Gasteiger partial charge in [0.1, 0.15) is 23.1 Å². The lowest BCUT2D eigenvalue weighted by Crippen LogP contribution is -2.48. The highest BCUT2D eigenvalue weighted by atomic mass is 19.1. The van der Waals surface area contributed by atoms with Gasteiger partial charge >= 0.3 is 0 Å². The molecule has 10 heteroatoms. The quantitative estimate of drug-likeness (QED) is 0.370. The number of pyridine rings is 1. The molecular formula is C27H25F2N7O. The number of aromatic nitrogens is 5. The Hall–Kier alpha value is -4.34. The summed E-state index contributed by atoms with van der Waals surface area (Å²) < 4.78 is 33.2. The average molecular weight is 502 g/mol. The van der Waals surface area contributed by atoms with E-state index >= 15 is 4.39 Å². The molecule has 1 amide bonds. The van der Waals surface area contributed by atoms with Crippen molar-refractivity contribution in [2.75, 3.05) is 31.1 Å². The second kappa shape index (κ2) is 8.65. The van der Waals surface area contributed by atoms with Gasteiger partial charge in [-0.25, -0.2) is 18.4 Å². The highest BCUT2D eigenvalue weighted by molar-refractivity contribution is 6.03. The molecule has 37 heavy (non-hydrogen) atoms. The maximum atomic E-state index is 15.3. The first-order valence-corrected chi connectivity index (χ1v) is 12.1. The first kappa shape index (κ1) is 23.1. The number of piperazine rings is 1. The van der Waals surface area contributed by atoms with E-state index in [1.165, 1.54) is 18.2 Å². The van der Waals surface area contributed by atoms with Crippen molar-refractivity contribution < 1.29 is 13.6 Å². The van der Waals surface area contributed by atoms with E-state index < -0.39 is 11.6 Å². The third-order valence-corrected chi connectivity index (χ3v) is 6.95. The molecule has 5 aromatic rings. The Bertz CT molecular complexity index is 1660. The van der Waals surface area contributed by atoms with Gasteiger partial charge in [0.15, 0.2) is 0 Å². The zero-order chi connectivity index (χ0) is 25.8. The van der Waals surface area contributed by atoms with Gasteiger partial charge in [-0.05, 0) is 48.9 Å². The number of aryl methyl sites for hydroxylation is 2. The van der Waals surface area contributed by atoms with Crippen LogP contribution in [0.1, 0.15) is 12.5 Å². The van der Waals surface area contributed by atoms with Crippen LogP contribution in [0.5, 0.6) is 0 Å². The highest BCUT2D eigenvalue weighted by Crippen LogP contribution is 2.37. The number of carbonyl (C=O) groups excluding carboxylic acids is 1. The van der Waals surface area contributed by atoms with Crippen LogP contribution in [-0.2, 0) is 11.8 Å². The molecule has 0 radical (unpaired) electrons. The van der Waals surface area contributed by atoms with Gasteiger partial charge in [0.2, 0.25) is 5.91 Å². The summed E-state index contributed by atoms with van der Waals surface area (Å²) in [5, 5.41) is 10.3. The van der Waals surface area contributed by atoms with Crippen LogP contribution in [0.2, 0.25) is 0 Å². The third-order valence-electron chi connectivity index (χ3n) is 6.95. The fourth-order valence-corrected chi connectivity index (χ4v) is 5.14. The fourth-order valence-electron chi connectivity index (χ4n) is 5.14. The summed E-state index contributed by atoms with van der Waals surface area (Å²) in [5.74, 6) is 0.0157. The Labute approximate surface area is 211 Å². The summed E-state index contributed by atoms with van der Waals surface area (Å²) in [6.45, 7) is 6.11. The standard InChI is InChI=1S/C27H25F2N7O/c1-16-12-18(28)13-20-26(25-21-15-33(3)31-23(21)6-5-22(25)29)32-36(27(16)20)19-4-7-24(30-14-19)35-10-8-34(9-11-35)17(2)37/h4-7,12-15H,8-11H2,1-3H3. The molecule has 0 N–H and O–H groups in total. The highest BCUT2D eigenvalue weighted by Gasteiger charge is 2.23. The van der Waals surface area contributed by atoms with Crippen molar-refractivity contribution in [3.05, 3.63) is 66.0 Å². The van der Waals surface area contributed by atoms with Gasteiger partial charge in [-0.15, -0.1) is 0 Å². The Kier molecular flexibility index (Phi) is 5.40. The minimum absolute atomic E-state index is 0.0783. The van der Waals surface area contributed by atoms with Crippen molar-refractivity contribution in [2.24, 2.45) is 7.05 Å². The monoisotopic (exact) mass is 501 g/mol. The molecule has 3 aromatic heterocycles. The number of nitrogens with zero attached hydrogens (tertiary/aromatic N) is 7. The van der Waals surface area contributed by atoms with E-state index in [1.807, 2.05) is 24.0 Å². The molecule has 1 fully saturated rings. The van der Waals surface area contributed by atoms with Crippen LogP contribution in [0.3, 0.4) is 0 Å². The van der Waals surface area contributed by atoms with Gasteiger partial charge in [-0.3, -0.25) is 9.48 Å². The van der Waals surface area contributed by atoms with E-state index in [9.17, 15) is 9.18 Å². The molecule has 188 valence electrons. The number of carbonyl (C=O) groups is 1. The zero-order valence-electron chi connectivity index (χ0n) is 20.7. The molecule has 1 aliphatic rings. The zero-order valence-corrected chi connectivity index (χ0v) is 20.7. The summed E-state index contributed by atoms with van der Waals surface area (Å²) in [7, 11) is 1.77. The summed E-state index contributed by atoms with van der Waals surface area (Å²) in [4.78, 5) is 20.2. The summed E-state index contributed by atoms with van der Waals surface area (Å²) in [5.41, 5.74) is 3.30. The molecular weight excluding hydrogens is 476 g/mol. The number of hydrogen-bond donors (Lipinski definition) is 0. The number of anilines is 1. The van der Waals surface area contributed by atoms with Crippen molar-refractivity contribution >= 4 is 33.5 Å². The summed E-state index contributed by atoms with van der Waals surface area (Å²) >= 11 is 0. The van der Waals surface area contributed by atoms with E-state index in [-0.39, 0.29) is 11.5 Å². The minimum atomic E-state index is -0.452. The smallest absolute Gasteiger partial charge is 0.219 e. The predicted octanol–water partition coefficient (Wildman–Crippen LogP) is 4.23. The molecule has 0 aliphatic carbocycles. The first-order valence-electron chi connectivity index (χ1n) is 12.1. The number of amides is 1. The molecule has 0 saturated carbocycles. The van der Waals surface area contributed by atoms with Crippen LogP contribution in [0.15, 0.2) is 48.8 Å². The maximum Gasteiger partial charge on any atom is 0.219 e. The average Bonchev–Trinajstić information content (AvgIpc) is 3.44. The number of rotatable bonds is 3. The molecule has 1 saturated heterocycles. The lowest BCUT2D eigenvalue weighted by atomic mass is 10.0. The molecule has 2 aromatic carbocycles. The van der Waals surface area contributed by atoms with Crippen LogP contribution >= 0.6 is 0 Å². The third kappa shape index (κ3) is 3.89. The molecule has 8 nitrogen and oxygen atoms in total. The lowest BCUT2D eigenvalue weighted by Gasteiger charge is -2.34. The first-order chi connectivity index (χ1) is 17.8. The van der Waals surface area contributed by atoms with E-state index in [2.05, 4.69) is 15.0 Å². The van der Waals surface area contributed by atoms with Gasteiger partial charge in [0.25, 0.3) is 0 Å². The van der Waals surface area contributed by atoms with Gasteiger partial charge in [-0.2, -0.15) is 10.2 Å². The topological polar surface area (TPSA) is 72.1 Å². The molecule has 0 unspecified atom stereocenters. The molecule has 4 heterocycles.